The van der Waals surface area contributed by atoms with Gasteiger partial charge >= 0.3 is 0 Å². The van der Waals surface area contributed by atoms with Crippen LogP contribution in [0, 0.1) is 5.92 Å². The van der Waals surface area contributed by atoms with Gasteiger partial charge < -0.3 is 10.2 Å². The largest absolute Gasteiger partial charge is 0.372 e. The van der Waals surface area contributed by atoms with Crippen LogP contribution in [0.4, 0.5) is 5.69 Å². The van der Waals surface area contributed by atoms with Crippen LogP contribution in [0.5, 0.6) is 0 Å². The van der Waals surface area contributed by atoms with Gasteiger partial charge in [-0.15, -0.1) is 0 Å². The van der Waals surface area contributed by atoms with Crippen LogP contribution in [0.3, 0.4) is 0 Å². The fourth-order valence-electron chi connectivity index (χ4n) is 3.47. The molecule has 1 aromatic rings. The first-order valence-corrected chi connectivity index (χ1v) is 9.03. The number of benzene rings is 1. The first-order valence-electron chi connectivity index (χ1n) is 9.03. The van der Waals surface area contributed by atoms with Gasteiger partial charge in [-0.1, -0.05) is 19.1 Å². The van der Waals surface area contributed by atoms with Crippen molar-refractivity contribution >= 4 is 5.69 Å². The first-order chi connectivity index (χ1) is 10.8. The number of nitrogens with zero attached hydrogens (tertiary/aromatic N) is 2. The van der Waals surface area contributed by atoms with Gasteiger partial charge in [0.2, 0.25) is 0 Å². The Labute approximate surface area is 136 Å². The van der Waals surface area contributed by atoms with E-state index in [4.69, 9.17) is 0 Å². The fourth-order valence-corrected chi connectivity index (χ4v) is 3.47. The summed E-state index contributed by atoms with van der Waals surface area (Å²) in [6.45, 7) is 14.6. The van der Waals surface area contributed by atoms with E-state index in [2.05, 4.69) is 60.2 Å². The molecule has 0 amide bonds. The standard InChI is InChI=1S/C19H33N3/c1-4-20-14-18-8-7-13-21(16-18)15-17-9-11-19(12-10-17)22(5-2)6-3/h9-12,18,20H,4-8,13-16H2,1-3H3. The Balaban J connectivity index is 1.87. The molecule has 0 radical (unpaired) electrons. The average Bonchev–Trinajstić information content (AvgIpc) is 2.56. The van der Waals surface area contributed by atoms with Gasteiger partial charge in [0.25, 0.3) is 0 Å². The summed E-state index contributed by atoms with van der Waals surface area (Å²) < 4.78 is 0. The molecule has 1 atom stereocenters. The summed E-state index contributed by atoms with van der Waals surface area (Å²) in [4.78, 5) is 5.02. The minimum Gasteiger partial charge on any atom is -0.372 e. The number of piperidine rings is 1. The Morgan fingerprint density at radius 1 is 1.14 bits per heavy atom. The summed E-state index contributed by atoms with van der Waals surface area (Å²) in [6.07, 6.45) is 2.72. The second kappa shape index (κ2) is 9.16. The van der Waals surface area contributed by atoms with Crippen LogP contribution < -0.4 is 10.2 Å². The van der Waals surface area contributed by atoms with E-state index in [1.54, 1.807) is 0 Å². The second-order valence-corrected chi connectivity index (χ2v) is 6.39. The SMILES string of the molecule is CCNCC1CCCN(Cc2ccc(N(CC)CC)cc2)C1. The monoisotopic (exact) mass is 303 g/mol. The molecule has 0 saturated carbocycles. The molecule has 0 spiro atoms. The number of anilines is 1. The van der Waals surface area contributed by atoms with Crippen molar-refractivity contribution in [1.29, 1.82) is 0 Å². The summed E-state index contributed by atoms with van der Waals surface area (Å²) in [5.41, 5.74) is 2.79. The summed E-state index contributed by atoms with van der Waals surface area (Å²) in [5, 5.41) is 3.50. The molecule has 1 N–H and O–H groups in total. The summed E-state index contributed by atoms with van der Waals surface area (Å²) in [6, 6.07) is 9.17. The Morgan fingerprint density at radius 3 is 2.50 bits per heavy atom. The van der Waals surface area contributed by atoms with Crippen LogP contribution >= 0.6 is 0 Å². The van der Waals surface area contributed by atoms with Gasteiger partial charge in [-0.3, -0.25) is 4.90 Å². The third-order valence-corrected chi connectivity index (χ3v) is 4.76. The van der Waals surface area contributed by atoms with E-state index in [9.17, 15) is 0 Å². The predicted molar refractivity (Wildman–Crippen MR) is 96.5 cm³/mol. The summed E-state index contributed by atoms with van der Waals surface area (Å²) in [7, 11) is 0. The molecule has 2 rings (SSSR count). The Bertz CT molecular complexity index is 411. The molecule has 1 fully saturated rings. The maximum absolute atomic E-state index is 3.50. The third kappa shape index (κ3) is 4.99. The number of hydrogen-bond donors (Lipinski definition) is 1. The predicted octanol–water partition coefficient (Wildman–Crippen LogP) is 3.35. The lowest BCUT2D eigenvalue weighted by Gasteiger charge is -2.33. The van der Waals surface area contributed by atoms with E-state index in [0.29, 0.717) is 0 Å². The van der Waals surface area contributed by atoms with Crippen LogP contribution in [-0.4, -0.2) is 44.2 Å². The van der Waals surface area contributed by atoms with Gasteiger partial charge in [-0.05, 0) is 69.9 Å². The third-order valence-electron chi connectivity index (χ3n) is 4.76. The number of nitrogens with one attached hydrogen (secondary N) is 1. The minimum atomic E-state index is 0.823. The minimum absolute atomic E-state index is 0.823. The number of hydrogen-bond acceptors (Lipinski definition) is 3. The van der Waals surface area contributed by atoms with Crippen LogP contribution in [0.1, 0.15) is 39.2 Å². The van der Waals surface area contributed by atoms with Crippen molar-refractivity contribution in [3.8, 4) is 0 Å². The Kier molecular flexibility index (Phi) is 7.20. The van der Waals surface area contributed by atoms with Crippen LogP contribution in [-0.2, 0) is 6.54 Å². The summed E-state index contributed by atoms with van der Waals surface area (Å²) >= 11 is 0. The van der Waals surface area contributed by atoms with Crippen molar-refractivity contribution in [2.75, 3.05) is 44.2 Å². The molecule has 1 heterocycles. The molecule has 3 nitrogen and oxygen atoms in total. The molecule has 0 bridgehead atoms. The van der Waals surface area contributed by atoms with Crippen molar-refractivity contribution in [3.63, 3.8) is 0 Å². The lowest BCUT2D eigenvalue weighted by Crippen LogP contribution is -2.39. The van der Waals surface area contributed by atoms with Crippen LogP contribution in [0.15, 0.2) is 24.3 Å². The van der Waals surface area contributed by atoms with E-state index >= 15 is 0 Å². The highest BCUT2D eigenvalue weighted by molar-refractivity contribution is 5.47. The molecule has 1 unspecified atom stereocenters. The highest BCUT2D eigenvalue weighted by Crippen LogP contribution is 2.20. The van der Waals surface area contributed by atoms with Crippen molar-refractivity contribution in [3.05, 3.63) is 29.8 Å². The van der Waals surface area contributed by atoms with Crippen molar-refractivity contribution < 1.29 is 0 Å². The molecule has 22 heavy (non-hydrogen) atoms. The zero-order chi connectivity index (χ0) is 15.8. The van der Waals surface area contributed by atoms with E-state index in [1.165, 1.54) is 43.7 Å². The van der Waals surface area contributed by atoms with Crippen molar-refractivity contribution in [2.24, 2.45) is 5.92 Å². The van der Waals surface area contributed by atoms with Gasteiger partial charge in [-0.2, -0.15) is 0 Å². The fraction of sp³-hybridized carbons (Fsp3) is 0.684. The molecule has 0 aromatic heterocycles. The Morgan fingerprint density at radius 2 is 1.86 bits per heavy atom. The van der Waals surface area contributed by atoms with Gasteiger partial charge in [0.1, 0.15) is 0 Å². The molecule has 1 aliphatic rings. The molecular formula is C19H33N3. The van der Waals surface area contributed by atoms with E-state index in [0.717, 1.165) is 32.1 Å². The zero-order valence-electron chi connectivity index (χ0n) is 14.6. The first kappa shape index (κ1) is 17.3. The lowest BCUT2D eigenvalue weighted by atomic mass is 9.97. The lowest BCUT2D eigenvalue weighted by molar-refractivity contribution is 0.166. The molecule has 124 valence electrons. The zero-order valence-corrected chi connectivity index (χ0v) is 14.6. The molecular weight excluding hydrogens is 270 g/mol. The molecule has 1 aromatic carbocycles. The molecule has 1 aliphatic heterocycles. The Hall–Kier alpha value is -1.06. The maximum atomic E-state index is 3.50. The van der Waals surface area contributed by atoms with E-state index < -0.39 is 0 Å². The van der Waals surface area contributed by atoms with Crippen LogP contribution in [0.2, 0.25) is 0 Å². The highest BCUT2D eigenvalue weighted by atomic mass is 15.1. The van der Waals surface area contributed by atoms with Gasteiger partial charge in [0.15, 0.2) is 0 Å². The molecule has 0 aliphatic carbocycles. The summed E-state index contributed by atoms with van der Waals surface area (Å²) in [5.74, 6) is 0.823. The molecule has 3 heteroatoms. The van der Waals surface area contributed by atoms with Gasteiger partial charge in [-0.25, -0.2) is 0 Å². The quantitative estimate of drug-likeness (QED) is 0.794. The normalized spacial score (nSPS) is 19.3. The van der Waals surface area contributed by atoms with Crippen molar-refractivity contribution in [1.82, 2.24) is 10.2 Å². The van der Waals surface area contributed by atoms with Gasteiger partial charge in [0.05, 0.1) is 0 Å². The van der Waals surface area contributed by atoms with E-state index in [-0.39, 0.29) is 0 Å². The van der Waals surface area contributed by atoms with E-state index in [1.807, 2.05) is 0 Å². The average molecular weight is 303 g/mol. The maximum Gasteiger partial charge on any atom is 0.0366 e. The highest BCUT2D eigenvalue weighted by Gasteiger charge is 2.19. The topological polar surface area (TPSA) is 18.5 Å². The smallest absolute Gasteiger partial charge is 0.0366 e. The number of likely N-dealkylation sites (tertiary alicyclic amines) is 1. The molecule has 1 saturated heterocycles. The second-order valence-electron chi connectivity index (χ2n) is 6.39. The van der Waals surface area contributed by atoms with Crippen molar-refractivity contribution in [2.45, 2.75) is 40.2 Å². The van der Waals surface area contributed by atoms with Crippen LogP contribution in [0.25, 0.3) is 0 Å². The number of rotatable bonds is 8. The van der Waals surface area contributed by atoms with Gasteiger partial charge in [0, 0.05) is 31.9 Å².